The Kier molecular flexibility index (Phi) is 5.51. The van der Waals surface area contributed by atoms with Crippen LogP contribution in [-0.2, 0) is 16.2 Å². The van der Waals surface area contributed by atoms with E-state index in [9.17, 15) is 14.7 Å². The molecule has 0 heterocycles. The summed E-state index contributed by atoms with van der Waals surface area (Å²) in [5.41, 5.74) is 0.637. The fraction of sp³-hybridized carbons (Fsp3) is 0.118. The maximum Gasteiger partial charge on any atom is 0.358 e. The number of hydrogen-bond donors (Lipinski definition) is 2. The monoisotopic (exact) mass is 329 g/mol. The lowest BCUT2D eigenvalue weighted by atomic mass is 10.0. The first-order chi connectivity index (χ1) is 11.5. The van der Waals surface area contributed by atoms with E-state index in [-0.39, 0.29) is 23.6 Å². The molecule has 0 unspecified atom stereocenters. The summed E-state index contributed by atoms with van der Waals surface area (Å²) in [5.74, 6) is -2.15. The van der Waals surface area contributed by atoms with E-state index < -0.39 is 11.9 Å². The van der Waals surface area contributed by atoms with Crippen molar-refractivity contribution >= 4 is 17.7 Å². The Morgan fingerprint density at radius 1 is 1.00 bits per heavy atom. The maximum atomic E-state index is 11.3. The molecule has 0 bridgehead atoms. The highest BCUT2D eigenvalue weighted by Gasteiger charge is 2.18. The summed E-state index contributed by atoms with van der Waals surface area (Å²) < 4.78 is 5.56. The molecule has 2 aromatic carbocycles. The Hall–Kier alpha value is -3.35. The molecule has 0 fully saturated rings. The van der Waals surface area contributed by atoms with E-state index in [1.807, 2.05) is 0 Å². The zero-order chi connectivity index (χ0) is 17.5. The Morgan fingerprint density at radius 3 is 2.25 bits per heavy atom. The lowest BCUT2D eigenvalue weighted by Crippen LogP contribution is -2.17. The highest BCUT2D eigenvalue weighted by molar-refractivity contribution is 6.42. The van der Waals surface area contributed by atoms with E-state index in [4.69, 9.17) is 9.84 Å². The summed E-state index contributed by atoms with van der Waals surface area (Å²) in [6.07, 6.45) is 0. The molecule has 7 heteroatoms. The van der Waals surface area contributed by atoms with E-state index in [0.717, 1.165) is 0 Å². The number of para-hydroxylation sites is 1. The van der Waals surface area contributed by atoms with Crippen LogP contribution < -0.4 is 4.74 Å². The van der Waals surface area contributed by atoms with Crippen molar-refractivity contribution < 1.29 is 29.4 Å². The van der Waals surface area contributed by atoms with Crippen LogP contribution in [0.4, 0.5) is 0 Å². The lowest BCUT2D eigenvalue weighted by molar-refractivity contribution is -0.129. The zero-order valence-electron chi connectivity index (χ0n) is 12.8. The average Bonchev–Trinajstić information content (AvgIpc) is 2.58. The van der Waals surface area contributed by atoms with Gasteiger partial charge in [0.05, 0.1) is 0 Å². The molecule has 2 rings (SSSR count). The molecule has 0 atom stereocenters. The van der Waals surface area contributed by atoms with Crippen LogP contribution in [0.1, 0.15) is 21.5 Å². The number of hydrogen-bond acceptors (Lipinski definition) is 5. The van der Waals surface area contributed by atoms with Crippen molar-refractivity contribution in [3.05, 3.63) is 65.2 Å². The second-order valence-corrected chi connectivity index (χ2v) is 4.67. The molecule has 0 saturated heterocycles. The molecule has 0 saturated carbocycles. The van der Waals surface area contributed by atoms with Gasteiger partial charge in [-0.2, -0.15) is 0 Å². The maximum absolute atomic E-state index is 11.3. The zero-order valence-corrected chi connectivity index (χ0v) is 12.8. The third kappa shape index (κ3) is 3.89. The molecule has 0 radical (unpaired) electrons. The van der Waals surface area contributed by atoms with Crippen molar-refractivity contribution in [3.63, 3.8) is 0 Å². The summed E-state index contributed by atoms with van der Waals surface area (Å²) >= 11 is 0. The van der Waals surface area contributed by atoms with Crippen LogP contribution in [0.3, 0.4) is 0 Å². The first-order valence-corrected chi connectivity index (χ1v) is 6.92. The molecular formula is C17H15NO6. The van der Waals surface area contributed by atoms with Crippen LogP contribution in [0.15, 0.2) is 53.7 Å². The SMILES string of the molecule is CO/N=C(/C(=O)O)c1ccccc1COc1ccccc1C(=O)O. The normalized spacial score (nSPS) is 11.0. The molecule has 0 aromatic heterocycles. The number of benzene rings is 2. The number of carboxylic acid groups (broad SMARTS) is 2. The quantitative estimate of drug-likeness (QED) is 0.597. The number of rotatable bonds is 7. The number of aromatic carboxylic acids is 1. The standard InChI is InChI=1S/C17H15NO6/c1-23-18-15(17(21)22)12-7-3-2-6-11(12)10-24-14-9-5-4-8-13(14)16(19)20/h2-9H,10H2,1H3,(H,19,20)(H,21,22)/b18-15+. The van der Waals surface area contributed by atoms with Crippen molar-refractivity contribution in [1.82, 2.24) is 0 Å². The Morgan fingerprint density at radius 2 is 1.62 bits per heavy atom. The van der Waals surface area contributed by atoms with Crippen molar-refractivity contribution in [1.29, 1.82) is 0 Å². The van der Waals surface area contributed by atoms with E-state index >= 15 is 0 Å². The van der Waals surface area contributed by atoms with Crippen LogP contribution in [0.25, 0.3) is 0 Å². The fourth-order valence-corrected chi connectivity index (χ4v) is 2.10. The van der Waals surface area contributed by atoms with Gasteiger partial charge in [-0.25, -0.2) is 9.59 Å². The van der Waals surface area contributed by atoms with E-state index in [2.05, 4.69) is 9.99 Å². The molecular weight excluding hydrogens is 314 g/mol. The molecule has 2 N–H and O–H groups in total. The van der Waals surface area contributed by atoms with Gasteiger partial charge in [0.1, 0.15) is 25.0 Å². The van der Waals surface area contributed by atoms with Gasteiger partial charge < -0.3 is 19.8 Å². The smallest absolute Gasteiger partial charge is 0.358 e. The molecule has 0 aliphatic carbocycles. The Balaban J connectivity index is 2.31. The van der Waals surface area contributed by atoms with Crippen LogP contribution >= 0.6 is 0 Å². The van der Waals surface area contributed by atoms with Crippen LogP contribution in [-0.4, -0.2) is 35.0 Å². The largest absolute Gasteiger partial charge is 0.488 e. The average molecular weight is 329 g/mol. The highest BCUT2D eigenvalue weighted by Crippen LogP contribution is 2.20. The fourth-order valence-electron chi connectivity index (χ4n) is 2.10. The van der Waals surface area contributed by atoms with Gasteiger partial charge in [-0.3, -0.25) is 0 Å². The van der Waals surface area contributed by atoms with Crippen molar-refractivity contribution in [2.24, 2.45) is 5.16 Å². The molecule has 2 aromatic rings. The number of ether oxygens (including phenoxy) is 1. The number of aliphatic carboxylic acids is 1. The van der Waals surface area contributed by atoms with Gasteiger partial charge in [0.25, 0.3) is 0 Å². The number of oxime groups is 1. The minimum absolute atomic E-state index is 0.0174. The summed E-state index contributed by atoms with van der Waals surface area (Å²) in [6.45, 7) is -0.0174. The van der Waals surface area contributed by atoms with Gasteiger partial charge in [0.15, 0.2) is 5.71 Å². The number of nitrogens with zero attached hydrogens (tertiary/aromatic N) is 1. The molecule has 0 spiro atoms. The van der Waals surface area contributed by atoms with Gasteiger partial charge in [-0.15, -0.1) is 0 Å². The third-order valence-corrected chi connectivity index (χ3v) is 3.16. The van der Waals surface area contributed by atoms with Crippen LogP contribution in [0, 0.1) is 0 Å². The third-order valence-electron chi connectivity index (χ3n) is 3.16. The van der Waals surface area contributed by atoms with Gasteiger partial charge in [0, 0.05) is 5.56 Å². The predicted molar refractivity (Wildman–Crippen MR) is 85.4 cm³/mol. The van der Waals surface area contributed by atoms with Crippen LogP contribution in [0.2, 0.25) is 0 Å². The van der Waals surface area contributed by atoms with Gasteiger partial charge >= 0.3 is 11.9 Å². The first-order valence-electron chi connectivity index (χ1n) is 6.92. The molecule has 0 aliphatic heterocycles. The van der Waals surface area contributed by atoms with Gasteiger partial charge in [-0.05, 0) is 17.7 Å². The molecule has 124 valence electrons. The van der Waals surface area contributed by atoms with Gasteiger partial charge in [0.2, 0.25) is 0 Å². The van der Waals surface area contributed by atoms with Crippen molar-refractivity contribution in [3.8, 4) is 5.75 Å². The summed E-state index contributed by atoms with van der Waals surface area (Å²) in [6, 6.07) is 12.9. The minimum Gasteiger partial charge on any atom is -0.488 e. The molecule has 0 amide bonds. The molecule has 7 nitrogen and oxygen atoms in total. The topological polar surface area (TPSA) is 105 Å². The van der Waals surface area contributed by atoms with E-state index in [0.29, 0.717) is 11.1 Å². The highest BCUT2D eigenvalue weighted by atomic mass is 16.6. The second-order valence-electron chi connectivity index (χ2n) is 4.67. The lowest BCUT2D eigenvalue weighted by Gasteiger charge is -2.12. The minimum atomic E-state index is -1.24. The summed E-state index contributed by atoms with van der Waals surface area (Å²) in [4.78, 5) is 27.1. The van der Waals surface area contributed by atoms with Crippen molar-refractivity contribution in [2.45, 2.75) is 6.61 Å². The van der Waals surface area contributed by atoms with Gasteiger partial charge in [-0.1, -0.05) is 41.6 Å². The van der Waals surface area contributed by atoms with E-state index in [1.54, 1.807) is 36.4 Å². The first kappa shape index (κ1) is 17.0. The Labute approximate surface area is 137 Å². The summed E-state index contributed by atoms with van der Waals surface area (Å²) in [5, 5.41) is 21.9. The molecule has 24 heavy (non-hydrogen) atoms. The summed E-state index contributed by atoms with van der Waals surface area (Å²) in [7, 11) is 1.26. The Bertz CT molecular complexity index is 784. The van der Waals surface area contributed by atoms with E-state index in [1.165, 1.54) is 19.2 Å². The predicted octanol–water partition coefficient (Wildman–Crippen LogP) is 2.40. The molecule has 0 aliphatic rings. The van der Waals surface area contributed by atoms with Crippen LogP contribution in [0.5, 0.6) is 5.75 Å². The number of carboxylic acids is 2. The van der Waals surface area contributed by atoms with Crippen molar-refractivity contribution in [2.75, 3.05) is 7.11 Å². The second kappa shape index (κ2) is 7.77. The number of carbonyl (C=O) groups is 2.